The fourth-order valence-corrected chi connectivity index (χ4v) is 1.47. The first-order valence-electron chi connectivity index (χ1n) is 5.00. The summed E-state index contributed by atoms with van der Waals surface area (Å²) >= 11 is 0. The summed E-state index contributed by atoms with van der Waals surface area (Å²) in [6.45, 7) is 2.46. The predicted octanol–water partition coefficient (Wildman–Crippen LogP) is 1.82. The van der Waals surface area contributed by atoms with Crippen molar-refractivity contribution in [1.82, 2.24) is 14.8 Å². The molecular weight excluding hydrogens is 207 g/mol. The number of aryl methyl sites for hydroxylation is 1. The highest BCUT2D eigenvalue weighted by atomic mass is 19.1. The first-order valence-corrected chi connectivity index (χ1v) is 5.00. The lowest BCUT2D eigenvalue weighted by molar-refractivity contribution is 0.577. The molecule has 0 fully saturated rings. The van der Waals surface area contributed by atoms with E-state index in [2.05, 4.69) is 15.4 Å². The molecule has 0 atom stereocenters. The topological polar surface area (TPSA) is 42.7 Å². The third-order valence-electron chi connectivity index (χ3n) is 2.44. The predicted molar refractivity (Wildman–Crippen MR) is 59.8 cm³/mol. The zero-order valence-corrected chi connectivity index (χ0v) is 9.24. The van der Waals surface area contributed by atoms with Gasteiger partial charge in [0.1, 0.15) is 0 Å². The van der Waals surface area contributed by atoms with Gasteiger partial charge in [-0.3, -0.25) is 4.68 Å². The molecule has 0 unspecified atom stereocenters. The number of halogens is 1. The molecule has 2 aromatic heterocycles. The average Bonchev–Trinajstić information content (AvgIpc) is 2.70. The molecule has 0 spiro atoms. The summed E-state index contributed by atoms with van der Waals surface area (Å²) in [5, 5.41) is 7.18. The van der Waals surface area contributed by atoms with Gasteiger partial charge in [-0.05, 0) is 24.1 Å². The number of nitrogens with zero attached hydrogens (tertiary/aromatic N) is 3. The van der Waals surface area contributed by atoms with Crippen molar-refractivity contribution in [3.05, 3.63) is 41.7 Å². The Bertz CT molecular complexity index is 492. The van der Waals surface area contributed by atoms with Crippen molar-refractivity contribution in [2.75, 3.05) is 12.4 Å². The molecule has 0 radical (unpaired) electrons. The minimum Gasteiger partial charge on any atom is -0.386 e. The van der Waals surface area contributed by atoms with Crippen LogP contribution in [0.25, 0.3) is 0 Å². The maximum absolute atomic E-state index is 12.8. The Kier molecular flexibility index (Phi) is 2.85. The van der Waals surface area contributed by atoms with Crippen LogP contribution in [0.2, 0.25) is 0 Å². The van der Waals surface area contributed by atoms with Gasteiger partial charge in [0.2, 0.25) is 5.95 Å². The second kappa shape index (κ2) is 4.30. The van der Waals surface area contributed by atoms with Gasteiger partial charge in [0.05, 0.1) is 18.4 Å². The molecule has 2 rings (SSSR count). The van der Waals surface area contributed by atoms with Crippen LogP contribution < -0.4 is 5.32 Å². The molecule has 5 heteroatoms. The van der Waals surface area contributed by atoms with Crippen LogP contribution in [-0.4, -0.2) is 21.8 Å². The average molecular weight is 220 g/mol. The third kappa shape index (κ3) is 2.18. The molecule has 4 nitrogen and oxygen atoms in total. The minimum absolute atomic E-state index is 0.447. The van der Waals surface area contributed by atoms with Crippen molar-refractivity contribution in [2.24, 2.45) is 0 Å². The number of rotatable bonds is 3. The monoisotopic (exact) mass is 220 g/mol. The number of nitrogens with one attached hydrogen (secondary N) is 1. The van der Waals surface area contributed by atoms with Crippen LogP contribution in [-0.2, 0) is 6.54 Å². The van der Waals surface area contributed by atoms with Gasteiger partial charge < -0.3 is 5.32 Å². The van der Waals surface area contributed by atoms with Crippen LogP contribution in [0.1, 0.15) is 11.1 Å². The molecule has 2 aromatic rings. The second-order valence-corrected chi connectivity index (χ2v) is 3.61. The van der Waals surface area contributed by atoms with Gasteiger partial charge in [0, 0.05) is 19.4 Å². The largest absolute Gasteiger partial charge is 0.386 e. The van der Waals surface area contributed by atoms with E-state index >= 15 is 0 Å². The van der Waals surface area contributed by atoms with E-state index in [0.29, 0.717) is 6.54 Å². The van der Waals surface area contributed by atoms with Crippen LogP contribution >= 0.6 is 0 Å². The maximum Gasteiger partial charge on any atom is 0.213 e. The van der Waals surface area contributed by atoms with E-state index in [0.717, 1.165) is 16.8 Å². The quantitative estimate of drug-likeness (QED) is 0.802. The van der Waals surface area contributed by atoms with Crippen LogP contribution in [0.5, 0.6) is 0 Å². The fraction of sp³-hybridized carbons (Fsp3) is 0.273. The van der Waals surface area contributed by atoms with Gasteiger partial charge in [0.25, 0.3) is 0 Å². The highest BCUT2D eigenvalue weighted by molar-refractivity contribution is 5.37. The summed E-state index contributed by atoms with van der Waals surface area (Å²) in [6, 6.07) is 1.43. The highest BCUT2D eigenvalue weighted by Gasteiger charge is 2.03. The Labute approximate surface area is 93.1 Å². The van der Waals surface area contributed by atoms with Gasteiger partial charge >= 0.3 is 0 Å². The van der Waals surface area contributed by atoms with E-state index in [1.807, 2.05) is 20.2 Å². The molecule has 0 aliphatic rings. The fourth-order valence-electron chi connectivity index (χ4n) is 1.47. The van der Waals surface area contributed by atoms with Crippen LogP contribution in [0, 0.1) is 12.9 Å². The zero-order chi connectivity index (χ0) is 11.5. The highest BCUT2D eigenvalue weighted by Crippen LogP contribution is 2.11. The van der Waals surface area contributed by atoms with E-state index < -0.39 is 5.95 Å². The lowest BCUT2D eigenvalue weighted by Crippen LogP contribution is -2.03. The Hall–Kier alpha value is -1.91. The molecule has 0 aliphatic carbocycles. The molecule has 1 N–H and O–H groups in total. The van der Waals surface area contributed by atoms with Gasteiger partial charge in [-0.25, -0.2) is 4.98 Å². The van der Waals surface area contributed by atoms with E-state index in [1.165, 1.54) is 6.07 Å². The first-order chi connectivity index (χ1) is 7.69. The second-order valence-electron chi connectivity index (χ2n) is 3.61. The Morgan fingerprint density at radius 3 is 2.88 bits per heavy atom. The number of aromatic nitrogens is 3. The van der Waals surface area contributed by atoms with Gasteiger partial charge in [0.15, 0.2) is 0 Å². The summed E-state index contributed by atoms with van der Waals surface area (Å²) < 4.78 is 14.6. The maximum atomic E-state index is 12.8. The summed E-state index contributed by atoms with van der Waals surface area (Å²) in [5.74, 6) is -0.447. The zero-order valence-electron chi connectivity index (χ0n) is 9.24. The van der Waals surface area contributed by atoms with Crippen LogP contribution in [0.4, 0.5) is 10.1 Å². The van der Waals surface area contributed by atoms with Crippen molar-refractivity contribution in [1.29, 1.82) is 0 Å². The van der Waals surface area contributed by atoms with Crippen molar-refractivity contribution in [3.63, 3.8) is 0 Å². The lowest BCUT2D eigenvalue weighted by Gasteiger charge is -2.05. The van der Waals surface area contributed by atoms with Crippen molar-refractivity contribution in [2.45, 2.75) is 13.5 Å². The van der Waals surface area contributed by atoms with Crippen LogP contribution in [0.15, 0.2) is 24.7 Å². The Morgan fingerprint density at radius 2 is 2.25 bits per heavy atom. The Balaban J connectivity index is 2.20. The standard InChI is InChI=1S/C11H13FN4/c1-8-3-11(12)14-4-9(8)6-16-7-10(13-2)5-15-16/h3-5,7,13H,6H2,1-2H3. The number of anilines is 1. The molecule has 84 valence electrons. The normalized spacial score (nSPS) is 10.4. The molecule has 0 saturated carbocycles. The smallest absolute Gasteiger partial charge is 0.213 e. The van der Waals surface area contributed by atoms with E-state index in [-0.39, 0.29) is 0 Å². The SMILES string of the molecule is CNc1cnn(Cc2cnc(F)cc2C)c1. The minimum atomic E-state index is -0.447. The molecule has 0 amide bonds. The summed E-state index contributed by atoms with van der Waals surface area (Å²) in [5.41, 5.74) is 2.80. The molecule has 0 bridgehead atoms. The van der Waals surface area contributed by atoms with E-state index in [1.54, 1.807) is 17.1 Å². The molecule has 0 aromatic carbocycles. The first kappa shape index (κ1) is 10.6. The molecule has 0 aliphatic heterocycles. The summed E-state index contributed by atoms with van der Waals surface area (Å²) in [7, 11) is 1.84. The number of hydrogen-bond acceptors (Lipinski definition) is 3. The van der Waals surface area contributed by atoms with Crippen LogP contribution in [0.3, 0.4) is 0 Å². The van der Waals surface area contributed by atoms with Crippen molar-refractivity contribution < 1.29 is 4.39 Å². The van der Waals surface area contributed by atoms with Gasteiger partial charge in [-0.1, -0.05) is 0 Å². The molecule has 0 saturated heterocycles. The summed E-state index contributed by atoms with van der Waals surface area (Å²) in [4.78, 5) is 3.64. The third-order valence-corrected chi connectivity index (χ3v) is 2.44. The van der Waals surface area contributed by atoms with Gasteiger partial charge in [-0.15, -0.1) is 0 Å². The molecule has 2 heterocycles. The Morgan fingerprint density at radius 1 is 1.44 bits per heavy atom. The van der Waals surface area contributed by atoms with E-state index in [4.69, 9.17) is 0 Å². The molecular formula is C11H13FN4. The number of pyridine rings is 1. The van der Waals surface area contributed by atoms with Crippen molar-refractivity contribution in [3.8, 4) is 0 Å². The van der Waals surface area contributed by atoms with E-state index in [9.17, 15) is 4.39 Å². The summed E-state index contributed by atoms with van der Waals surface area (Å²) in [6.07, 6.45) is 5.18. The number of hydrogen-bond donors (Lipinski definition) is 1. The van der Waals surface area contributed by atoms with Gasteiger partial charge in [-0.2, -0.15) is 9.49 Å². The lowest BCUT2D eigenvalue weighted by atomic mass is 10.1. The van der Waals surface area contributed by atoms with Crippen molar-refractivity contribution >= 4 is 5.69 Å². The molecule has 16 heavy (non-hydrogen) atoms.